The van der Waals surface area contributed by atoms with E-state index in [2.05, 4.69) is 212 Å². The number of rotatable bonds is 28. The minimum Gasteiger partial charge on any atom is -0.480 e. The number of nitrogens with zero attached hydrogens (tertiary/aromatic N) is 2. The first-order chi connectivity index (χ1) is 46.1. The Hall–Kier alpha value is -2.93. The van der Waals surface area contributed by atoms with Crippen LogP contribution in [0.3, 0.4) is 0 Å². The predicted molar refractivity (Wildman–Crippen MR) is 423 cm³/mol. The molecule has 13 nitrogen and oxygen atoms in total. The third-order valence-corrected chi connectivity index (χ3v) is 24.4. The summed E-state index contributed by atoms with van der Waals surface area (Å²) < 4.78 is 24.7. The van der Waals surface area contributed by atoms with E-state index in [9.17, 15) is 19.5 Å². The van der Waals surface area contributed by atoms with Crippen molar-refractivity contribution in [3.63, 3.8) is 0 Å². The molecule has 1 saturated carbocycles. The molecule has 564 valence electrons. The lowest BCUT2D eigenvalue weighted by Gasteiger charge is -2.44. The van der Waals surface area contributed by atoms with Crippen molar-refractivity contribution in [2.24, 2.45) is 45.1 Å². The molecule has 8 rings (SSSR count). The molecule has 3 aromatic carbocycles. The van der Waals surface area contributed by atoms with Gasteiger partial charge in [-0.3, -0.25) is 24.2 Å². The van der Waals surface area contributed by atoms with Crippen LogP contribution in [-0.2, 0) is 33.0 Å². The van der Waals surface area contributed by atoms with E-state index in [1.807, 2.05) is 36.4 Å². The number of carbonyl (C=O) groups is 3. The van der Waals surface area contributed by atoms with Crippen LogP contribution in [0.1, 0.15) is 294 Å². The largest absolute Gasteiger partial charge is 0.480 e. The number of hydrogen-bond acceptors (Lipinski definition) is 12. The number of carboxylic acid groups (broad SMARTS) is 1. The predicted octanol–water partition coefficient (Wildman–Crippen LogP) is 20.0. The highest BCUT2D eigenvalue weighted by atomic mass is 79.9. The summed E-state index contributed by atoms with van der Waals surface area (Å²) in [6.07, 6.45) is 21.2. The molecule has 3 aromatic rings. The van der Waals surface area contributed by atoms with Crippen molar-refractivity contribution < 1.29 is 48.2 Å². The summed E-state index contributed by atoms with van der Waals surface area (Å²) in [6, 6.07) is 32.2. The van der Waals surface area contributed by atoms with E-state index in [0.717, 1.165) is 103 Å². The zero-order valence-electron chi connectivity index (χ0n) is 65.9. The molecule has 5 aliphatic rings. The fraction of sp³-hybridized carbons (Fsp3) is 0.744. The van der Waals surface area contributed by atoms with Crippen molar-refractivity contribution in [1.29, 1.82) is 0 Å². The number of benzene rings is 3. The molecule has 4 aliphatic heterocycles. The number of alkyl halides is 1. The zero-order valence-corrected chi connectivity index (χ0v) is 68.3. The minimum absolute atomic E-state index is 0. The maximum Gasteiger partial charge on any atom is 0.457 e. The number of hydrogen-bond donors (Lipinski definition) is 4. The first-order valence-electron chi connectivity index (χ1n) is 38.5. The van der Waals surface area contributed by atoms with Gasteiger partial charge in [0.05, 0.1) is 22.4 Å². The number of aliphatic carboxylic acids is 1. The molecule has 1 aliphatic carbocycles. The van der Waals surface area contributed by atoms with Gasteiger partial charge >= 0.3 is 27.3 Å². The fourth-order valence-electron chi connectivity index (χ4n) is 15.6. The summed E-state index contributed by atoms with van der Waals surface area (Å²) in [5.41, 5.74) is 7.67. The molecule has 5 fully saturated rings. The molecule has 0 aromatic heterocycles. The van der Waals surface area contributed by atoms with Gasteiger partial charge in [-0.2, -0.15) is 0 Å². The van der Waals surface area contributed by atoms with Gasteiger partial charge in [-0.15, -0.1) is 12.4 Å². The van der Waals surface area contributed by atoms with Crippen LogP contribution in [0.5, 0.6) is 0 Å². The highest BCUT2D eigenvalue weighted by Crippen LogP contribution is 2.48. The SMILES string of the molecule is CC(Br)c1ccccc1.CC(C)(C)CC(=O)C(C)(CCCCB1OC(C)(C)C(C)(C)O1)C1CCCCC1.CC(c1ccccc1)N1CCC(C(C)(CCCCB2OC(C)(C)C(C)(C)O2)C(=O)CC(C)(C)C)CC1.CC(c1ccccc1)N1CCC(C(N)(CCCCB(O)O)C(=O)O)CC1.Cl. The Kier molecular flexibility index (Phi) is 35.4. The number of piperidine rings is 2. The average molecular weight is 1470 g/mol. The Morgan fingerprint density at radius 1 is 0.510 bits per heavy atom. The van der Waals surface area contributed by atoms with E-state index < -0.39 is 18.6 Å². The second-order valence-corrected chi connectivity index (χ2v) is 36.6. The first-order valence-corrected chi connectivity index (χ1v) is 39.4. The van der Waals surface area contributed by atoms with Gasteiger partial charge in [-0.25, -0.2) is 0 Å². The highest BCUT2D eigenvalue weighted by Gasteiger charge is 2.53. The maximum absolute atomic E-state index is 13.8. The van der Waals surface area contributed by atoms with E-state index in [4.69, 9.17) is 34.4 Å². The molecule has 100 heavy (non-hydrogen) atoms. The molecule has 0 amide bonds. The van der Waals surface area contributed by atoms with Crippen LogP contribution in [0.2, 0.25) is 19.0 Å². The van der Waals surface area contributed by atoms with Crippen molar-refractivity contribution in [2.75, 3.05) is 26.2 Å². The number of Topliss-reactive ketones (excluding diaryl/α,β-unsaturated/α-hetero) is 2. The molecule has 5 N–H and O–H groups in total. The van der Waals surface area contributed by atoms with E-state index in [0.29, 0.717) is 72.4 Å². The molecule has 18 heteroatoms. The van der Waals surface area contributed by atoms with Crippen molar-refractivity contribution >= 4 is 67.2 Å². The van der Waals surface area contributed by atoms with Gasteiger partial charge in [0.25, 0.3) is 0 Å². The second-order valence-electron chi connectivity index (χ2n) is 35.2. The van der Waals surface area contributed by atoms with Crippen LogP contribution >= 0.6 is 28.3 Å². The number of unbranched alkanes of at least 4 members (excludes halogenated alkanes) is 3. The number of ketones is 2. The van der Waals surface area contributed by atoms with Gasteiger partial charge < -0.3 is 39.5 Å². The van der Waals surface area contributed by atoms with E-state index in [1.54, 1.807) is 0 Å². The van der Waals surface area contributed by atoms with Crippen molar-refractivity contribution in [2.45, 2.75) is 324 Å². The zero-order chi connectivity index (χ0) is 73.8. The maximum atomic E-state index is 13.8. The topological polar surface area (TPSA) is 181 Å². The van der Waals surface area contributed by atoms with Gasteiger partial charge in [0, 0.05) is 40.6 Å². The van der Waals surface area contributed by atoms with E-state index in [1.165, 1.54) is 48.8 Å². The van der Waals surface area contributed by atoms with Crippen LogP contribution in [0.4, 0.5) is 0 Å². The van der Waals surface area contributed by atoms with Gasteiger partial charge in [0.1, 0.15) is 17.1 Å². The smallest absolute Gasteiger partial charge is 0.457 e. The summed E-state index contributed by atoms with van der Waals surface area (Å²) in [6.45, 7) is 45.0. The highest BCUT2D eigenvalue weighted by molar-refractivity contribution is 9.09. The fourth-order valence-corrected chi connectivity index (χ4v) is 15.9. The summed E-state index contributed by atoms with van der Waals surface area (Å²) in [5, 5.41) is 27.5. The normalized spacial score (nSPS) is 21.7. The number of carbonyl (C=O) groups excluding carboxylic acids is 2. The molecule has 6 unspecified atom stereocenters. The first kappa shape index (κ1) is 89.5. The van der Waals surface area contributed by atoms with Gasteiger partial charge in [0.15, 0.2) is 0 Å². The number of halogens is 2. The van der Waals surface area contributed by atoms with Crippen LogP contribution < -0.4 is 5.73 Å². The summed E-state index contributed by atoms with van der Waals surface area (Å²) in [7, 11) is -1.60. The Morgan fingerprint density at radius 3 is 1.14 bits per heavy atom. The van der Waals surface area contributed by atoms with E-state index >= 15 is 0 Å². The minimum atomic E-state index is -1.34. The van der Waals surface area contributed by atoms with E-state index in [-0.39, 0.29) is 82.9 Å². The number of carboxylic acids is 1. The van der Waals surface area contributed by atoms with Gasteiger partial charge in [-0.1, -0.05) is 220 Å². The third-order valence-electron chi connectivity index (χ3n) is 23.8. The molecule has 0 spiro atoms. The molecule has 4 heterocycles. The van der Waals surface area contributed by atoms with Gasteiger partial charge in [0.2, 0.25) is 0 Å². The van der Waals surface area contributed by atoms with Crippen molar-refractivity contribution in [1.82, 2.24) is 9.80 Å². The molecule has 0 radical (unpaired) electrons. The quantitative estimate of drug-likeness (QED) is 0.0307. The monoisotopic (exact) mass is 1470 g/mol. The van der Waals surface area contributed by atoms with Crippen LogP contribution in [-0.4, -0.2) is 118 Å². The molecule has 0 bridgehead atoms. The summed E-state index contributed by atoms with van der Waals surface area (Å²) in [5.74, 6) is 0.953. The van der Waals surface area contributed by atoms with Crippen LogP contribution in [0.25, 0.3) is 0 Å². The molecule has 4 saturated heterocycles. The van der Waals surface area contributed by atoms with Crippen LogP contribution in [0, 0.1) is 39.4 Å². The molecular formula is C82H138B3BrClN3O10. The molecular weight excluding hydrogens is 1330 g/mol. The Bertz CT molecular complexity index is 2830. The molecule has 6 atom stereocenters. The summed E-state index contributed by atoms with van der Waals surface area (Å²) in [4.78, 5) is 44.4. The lowest BCUT2D eigenvalue weighted by Crippen LogP contribution is -2.57. The Morgan fingerprint density at radius 2 is 0.830 bits per heavy atom. The number of likely N-dealkylation sites (tertiary alicyclic amines) is 2. The lowest BCUT2D eigenvalue weighted by molar-refractivity contribution is -0.147. The average Bonchev–Trinajstić information content (AvgIpc) is 1.44. The lowest BCUT2D eigenvalue weighted by atomic mass is 9.63. The third kappa shape index (κ3) is 26.8. The van der Waals surface area contributed by atoms with Gasteiger partial charge in [-0.05, 0) is 224 Å². The Labute approximate surface area is 624 Å². The second kappa shape index (κ2) is 39.6. The number of nitrogens with two attached hydrogens (primary N) is 1. The standard InChI is InChI=1S/C31H52BNO3.C24H45BO3.C19H31BN2O4.C8H9Br.ClH/c1-24(25-15-11-10-12-16-25)33-21-17-26(18-22-33)31(9,27(34)23-28(2,3)4)19-13-14-20-32-35-29(5,6)30(7,8)36-32;1-21(2,3)18-20(26)24(8,19-14-10-9-11-15-19)16-12-13-17-25-27-22(4,5)23(6,7)28-25;1-15(16-7-3-2-4-8-16)22-13-9-17(10-14-22)19(21,18(23)24)11-5-6-12-20(25)26;1-7(9)8-5-3-2-4-6-8;/h10-12,15-16,24,26H,13-14,17-23H2,1-9H3;19H,9-18H2,1-8H3;2-4,7-8,15,17,25-26H,5-6,9-14,21H2,1H3,(H,23,24);2-7H,1H3;1H. The summed E-state index contributed by atoms with van der Waals surface area (Å²) >= 11 is 3.48. The van der Waals surface area contributed by atoms with Crippen molar-refractivity contribution in [3.8, 4) is 0 Å². The van der Waals surface area contributed by atoms with Crippen LogP contribution in [0.15, 0.2) is 91.0 Å². The van der Waals surface area contributed by atoms with Crippen molar-refractivity contribution in [3.05, 3.63) is 108 Å². The Balaban J connectivity index is 0.000000301.